The van der Waals surface area contributed by atoms with Crippen molar-refractivity contribution in [2.45, 2.75) is 64.6 Å². The van der Waals surface area contributed by atoms with Crippen molar-refractivity contribution in [2.24, 2.45) is 28.6 Å². The van der Waals surface area contributed by atoms with Crippen molar-refractivity contribution in [3.05, 3.63) is 11.8 Å². The number of hydrogen-bond donors (Lipinski definition) is 2. The highest BCUT2D eigenvalue weighted by Crippen LogP contribution is 2.64. The van der Waals surface area contributed by atoms with E-state index in [4.69, 9.17) is 0 Å². The molecular weight excluding hydrogens is 281 g/mol. The van der Waals surface area contributed by atoms with Gasteiger partial charge in [-0.1, -0.05) is 19.9 Å². The number of aliphatic hydroxyl groups is 1. The summed E-state index contributed by atoms with van der Waals surface area (Å²) in [5.74, 6) is 0.944. The first-order valence-electron chi connectivity index (χ1n) is 8.69. The van der Waals surface area contributed by atoms with Crippen molar-refractivity contribution in [1.82, 2.24) is 5.32 Å². The summed E-state index contributed by atoms with van der Waals surface area (Å²) in [5.41, 5.74) is 0.481. The van der Waals surface area contributed by atoms with Crippen molar-refractivity contribution in [1.29, 1.82) is 0 Å². The number of hydrogen-bond acceptors (Lipinski definition) is 2. The summed E-state index contributed by atoms with van der Waals surface area (Å²) >= 11 is 0. The predicted molar refractivity (Wildman–Crippen MR) is 81.5 cm³/mol. The summed E-state index contributed by atoms with van der Waals surface area (Å²) < 4.78 is 14.5. The van der Waals surface area contributed by atoms with Crippen LogP contribution in [0.2, 0.25) is 0 Å². The fourth-order valence-corrected chi connectivity index (χ4v) is 6.27. The van der Waals surface area contributed by atoms with E-state index < -0.39 is 12.3 Å². The van der Waals surface area contributed by atoms with Gasteiger partial charge in [-0.25, -0.2) is 4.39 Å². The maximum Gasteiger partial charge on any atom is 0.224 e. The Labute approximate surface area is 131 Å². The number of carbonyl (C=O) groups is 1. The summed E-state index contributed by atoms with van der Waals surface area (Å²) in [6.45, 7) is 4.22. The molecule has 0 bridgehead atoms. The average molecular weight is 307 g/mol. The number of allylic oxidation sites excluding steroid dienone is 2. The molecule has 4 aliphatic rings. The molecule has 22 heavy (non-hydrogen) atoms. The number of nitrogens with one attached hydrogen (secondary N) is 1. The SMILES string of the molecule is C[C@]12C[C@H](O)C3C(CC=C4NC(=O)CC[C@@]43C)C1CCC2F. The molecule has 2 saturated carbocycles. The minimum Gasteiger partial charge on any atom is -0.393 e. The van der Waals surface area contributed by atoms with Crippen molar-refractivity contribution in [3.63, 3.8) is 0 Å². The van der Waals surface area contributed by atoms with Crippen LogP contribution >= 0.6 is 0 Å². The van der Waals surface area contributed by atoms with E-state index in [0.717, 1.165) is 25.0 Å². The molecule has 1 amide bonds. The smallest absolute Gasteiger partial charge is 0.224 e. The van der Waals surface area contributed by atoms with Crippen molar-refractivity contribution in [2.75, 3.05) is 0 Å². The average Bonchev–Trinajstić information content (AvgIpc) is 2.75. The van der Waals surface area contributed by atoms with Crippen molar-refractivity contribution < 1.29 is 14.3 Å². The van der Waals surface area contributed by atoms with E-state index in [1.807, 2.05) is 6.92 Å². The highest BCUT2D eigenvalue weighted by molar-refractivity contribution is 5.79. The van der Waals surface area contributed by atoms with Crippen LogP contribution in [0.5, 0.6) is 0 Å². The zero-order valence-corrected chi connectivity index (χ0v) is 13.4. The van der Waals surface area contributed by atoms with Gasteiger partial charge in [-0.05, 0) is 49.9 Å². The van der Waals surface area contributed by atoms with Gasteiger partial charge in [0.25, 0.3) is 0 Å². The fourth-order valence-electron chi connectivity index (χ4n) is 6.27. The minimum atomic E-state index is -0.780. The second kappa shape index (κ2) is 4.56. The first-order valence-corrected chi connectivity index (χ1v) is 8.69. The van der Waals surface area contributed by atoms with Gasteiger partial charge in [0.05, 0.1) is 6.10 Å². The van der Waals surface area contributed by atoms with Crippen LogP contribution in [0.25, 0.3) is 0 Å². The summed E-state index contributed by atoms with van der Waals surface area (Å²) in [5, 5.41) is 13.9. The van der Waals surface area contributed by atoms with Crippen LogP contribution < -0.4 is 5.32 Å². The lowest BCUT2D eigenvalue weighted by Crippen LogP contribution is -2.58. The van der Waals surface area contributed by atoms with E-state index in [1.165, 1.54) is 0 Å². The molecule has 0 radical (unpaired) electrons. The molecule has 0 aromatic rings. The largest absolute Gasteiger partial charge is 0.393 e. The third-order valence-electron chi connectivity index (χ3n) is 7.43. The van der Waals surface area contributed by atoms with E-state index >= 15 is 0 Å². The van der Waals surface area contributed by atoms with E-state index in [1.54, 1.807) is 0 Å². The second-order valence-corrected chi connectivity index (χ2v) is 8.44. The van der Waals surface area contributed by atoms with Crippen LogP contribution in [0.3, 0.4) is 0 Å². The van der Waals surface area contributed by atoms with Gasteiger partial charge in [-0.2, -0.15) is 0 Å². The summed E-state index contributed by atoms with van der Waals surface area (Å²) in [6, 6.07) is 0. The Balaban J connectivity index is 1.74. The first kappa shape index (κ1) is 14.7. The Bertz CT molecular complexity index is 547. The molecule has 4 rings (SSSR count). The van der Waals surface area contributed by atoms with Crippen LogP contribution in [-0.2, 0) is 4.79 Å². The fraction of sp³-hybridized carbons (Fsp3) is 0.833. The van der Waals surface area contributed by atoms with Gasteiger partial charge in [0.1, 0.15) is 6.17 Å². The molecular formula is C18H26FNO2. The molecule has 0 aromatic carbocycles. The van der Waals surface area contributed by atoms with Gasteiger partial charge in [-0.15, -0.1) is 0 Å². The monoisotopic (exact) mass is 307 g/mol. The zero-order valence-electron chi connectivity index (χ0n) is 13.4. The summed E-state index contributed by atoms with van der Waals surface area (Å²) in [7, 11) is 0. The number of amides is 1. The molecule has 3 nitrogen and oxygen atoms in total. The number of rotatable bonds is 0. The lowest BCUT2D eigenvalue weighted by Gasteiger charge is -2.58. The van der Waals surface area contributed by atoms with Crippen LogP contribution in [0.1, 0.15) is 52.4 Å². The molecule has 3 fully saturated rings. The van der Waals surface area contributed by atoms with E-state index in [-0.39, 0.29) is 22.7 Å². The second-order valence-electron chi connectivity index (χ2n) is 8.44. The molecule has 1 heterocycles. The topological polar surface area (TPSA) is 49.3 Å². The Hall–Kier alpha value is -0.900. The Morgan fingerprint density at radius 2 is 2.14 bits per heavy atom. The molecule has 4 heteroatoms. The lowest BCUT2D eigenvalue weighted by atomic mass is 9.49. The Morgan fingerprint density at radius 1 is 1.36 bits per heavy atom. The van der Waals surface area contributed by atoms with E-state index in [2.05, 4.69) is 18.3 Å². The van der Waals surface area contributed by atoms with Crippen LogP contribution in [-0.4, -0.2) is 23.3 Å². The molecule has 4 unspecified atom stereocenters. The van der Waals surface area contributed by atoms with Gasteiger partial charge in [-0.3, -0.25) is 4.79 Å². The molecule has 1 aliphatic heterocycles. The highest BCUT2D eigenvalue weighted by atomic mass is 19.1. The third-order valence-corrected chi connectivity index (χ3v) is 7.43. The van der Waals surface area contributed by atoms with Crippen molar-refractivity contribution >= 4 is 5.91 Å². The number of aliphatic hydroxyl groups excluding tert-OH is 1. The van der Waals surface area contributed by atoms with Crippen LogP contribution in [0.4, 0.5) is 4.39 Å². The van der Waals surface area contributed by atoms with Gasteiger partial charge >= 0.3 is 0 Å². The Morgan fingerprint density at radius 3 is 2.91 bits per heavy atom. The van der Waals surface area contributed by atoms with Crippen molar-refractivity contribution in [3.8, 4) is 0 Å². The Kier molecular flexibility index (Phi) is 3.04. The number of piperidine rings is 1. The van der Waals surface area contributed by atoms with Crippen LogP contribution in [0.15, 0.2) is 11.8 Å². The maximum atomic E-state index is 14.5. The maximum absolute atomic E-state index is 14.5. The summed E-state index contributed by atoms with van der Waals surface area (Å²) in [6.07, 6.45) is 5.24. The number of carbonyl (C=O) groups excluding carboxylic acids is 1. The molecule has 0 aromatic heterocycles. The molecule has 122 valence electrons. The molecule has 2 N–H and O–H groups in total. The molecule has 7 atom stereocenters. The van der Waals surface area contributed by atoms with Gasteiger partial charge in [0.15, 0.2) is 0 Å². The van der Waals surface area contributed by atoms with Gasteiger partial charge in [0.2, 0.25) is 5.91 Å². The quantitative estimate of drug-likeness (QED) is 0.723. The number of halogens is 1. The highest BCUT2D eigenvalue weighted by Gasteiger charge is 2.62. The number of alkyl halides is 1. The molecule has 1 saturated heterocycles. The third kappa shape index (κ3) is 1.73. The number of fused-ring (bicyclic) bond motifs is 5. The minimum absolute atomic E-state index is 0.0852. The van der Waals surface area contributed by atoms with Gasteiger partial charge < -0.3 is 10.4 Å². The standard InChI is InChI=1S/C18H26FNO2/c1-17-8-7-15(22)20-14(17)6-3-10-11-4-5-13(19)18(11,2)9-12(21)16(10)17/h6,10-13,16,21H,3-5,7-9H2,1-2H3,(H,20,22)/t10?,11?,12-,13?,16?,17-,18-/m0/s1. The summed E-state index contributed by atoms with van der Waals surface area (Å²) in [4.78, 5) is 11.7. The van der Waals surface area contributed by atoms with E-state index in [0.29, 0.717) is 31.1 Å². The molecule has 0 spiro atoms. The van der Waals surface area contributed by atoms with Gasteiger partial charge in [0, 0.05) is 22.9 Å². The van der Waals surface area contributed by atoms with Crippen LogP contribution in [0, 0.1) is 28.6 Å². The lowest BCUT2D eigenvalue weighted by molar-refractivity contribution is -0.136. The molecule has 3 aliphatic carbocycles. The predicted octanol–water partition coefficient (Wildman–Crippen LogP) is 2.94. The zero-order chi connectivity index (χ0) is 15.7. The normalized spacial score (nSPS) is 53.9. The van der Waals surface area contributed by atoms with E-state index in [9.17, 15) is 14.3 Å². The first-order chi connectivity index (χ1) is 10.4.